The maximum atomic E-state index is 13.7. The molecule has 2 amide bonds. The second-order valence-corrected chi connectivity index (χ2v) is 8.65. The third-order valence-corrected chi connectivity index (χ3v) is 5.70. The third-order valence-electron chi connectivity index (χ3n) is 5.70. The molecule has 0 saturated carbocycles. The lowest BCUT2D eigenvalue weighted by molar-refractivity contribution is -0.134. The molecule has 7 heteroatoms. The van der Waals surface area contributed by atoms with Crippen LogP contribution in [-0.2, 0) is 22.7 Å². The maximum absolute atomic E-state index is 13.7. The van der Waals surface area contributed by atoms with E-state index in [2.05, 4.69) is 11.4 Å². The number of likely N-dealkylation sites (N-methyl/N-ethyl adjacent to an activating group) is 1. The lowest BCUT2D eigenvalue weighted by atomic mass is 10.1. The Morgan fingerprint density at radius 1 is 0.914 bits per heavy atom. The normalized spacial score (nSPS) is 10.6. The summed E-state index contributed by atoms with van der Waals surface area (Å²) in [6.07, 6.45) is 0. The van der Waals surface area contributed by atoms with E-state index >= 15 is 0 Å². The molecule has 0 aliphatic carbocycles. The standard InChI is InChI=1S/C28H29FN4O2/c1-20-6-4-7-21(2)28(20)31-26(34)18-32(3)27(35)19-33(17-24-8-5-9-25(29)14-24)16-23-12-10-22(15-30)11-13-23/h4-14H,16-19H2,1-3H3,(H,31,34). The first-order valence-corrected chi connectivity index (χ1v) is 11.3. The number of carbonyl (C=O) groups excluding carboxylic acids is 2. The van der Waals surface area contributed by atoms with Crippen LogP contribution < -0.4 is 5.32 Å². The minimum Gasteiger partial charge on any atom is -0.335 e. The zero-order chi connectivity index (χ0) is 25.4. The zero-order valence-corrected chi connectivity index (χ0v) is 20.2. The molecule has 0 radical (unpaired) electrons. The Labute approximate surface area is 205 Å². The van der Waals surface area contributed by atoms with Crippen molar-refractivity contribution in [3.63, 3.8) is 0 Å². The SMILES string of the molecule is Cc1cccc(C)c1NC(=O)CN(C)C(=O)CN(Cc1ccc(C#N)cc1)Cc1cccc(F)c1. The zero-order valence-electron chi connectivity index (χ0n) is 20.2. The van der Waals surface area contributed by atoms with Gasteiger partial charge in [0.15, 0.2) is 0 Å². The summed E-state index contributed by atoms with van der Waals surface area (Å²) >= 11 is 0. The summed E-state index contributed by atoms with van der Waals surface area (Å²) in [7, 11) is 1.59. The van der Waals surface area contributed by atoms with Crippen LogP contribution in [0.4, 0.5) is 10.1 Å². The summed E-state index contributed by atoms with van der Waals surface area (Å²) < 4.78 is 13.7. The van der Waals surface area contributed by atoms with E-state index in [0.29, 0.717) is 18.7 Å². The molecule has 0 aromatic heterocycles. The monoisotopic (exact) mass is 472 g/mol. The molecule has 0 atom stereocenters. The Balaban J connectivity index is 1.68. The van der Waals surface area contributed by atoms with Crippen molar-refractivity contribution in [2.24, 2.45) is 0 Å². The number of anilines is 1. The number of amides is 2. The van der Waals surface area contributed by atoms with Gasteiger partial charge in [-0.3, -0.25) is 14.5 Å². The van der Waals surface area contributed by atoms with Crippen molar-refractivity contribution in [3.8, 4) is 6.07 Å². The number of benzene rings is 3. The van der Waals surface area contributed by atoms with Gasteiger partial charge in [-0.05, 0) is 60.4 Å². The molecule has 0 spiro atoms. The molecule has 0 aliphatic rings. The predicted molar refractivity (Wildman–Crippen MR) is 134 cm³/mol. The smallest absolute Gasteiger partial charge is 0.243 e. The molecule has 0 bridgehead atoms. The van der Waals surface area contributed by atoms with Crippen molar-refractivity contribution in [1.82, 2.24) is 9.80 Å². The number of halogens is 1. The highest BCUT2D eigenvalue weighted by atomic mass is 19.1. The molecule has 3 aromatic rings. The number of hydrogen-bond donors (Lipinski definition) is 1. The van der Waals surface area contributed by atoms with Gasteiger partial charge >= 0.3 is 0 Å². The van der Waals surface area contributed by atoms with Crippen molar-refractivity contribution >= 4 is 17.5 Å². The van der Waals surface area contributed by atoms with Gasteiger partial charge in [0.25, 0.3) is 0 Å². The third kappa shape index (κ3) is 7.49. The number of nitriles is 1. The molecule has 0 aliphatic heterocycles. The van der Waals surface area contributed by atoms with Gasteiger partial charge in [0.05, 0.1) is 24.7 Å². The van der Waals surface area contributed by atoms with Gasteiger partial charge in [-0.2, -0.15) is 5.26 Å². The van der Waals surface area contributed by atoms with Crippen molar-refractivity contribution < 1.29 is 14.0 Å². The Kier molecular flexibility index (Phi) is 8.71. The summed E-state index contributed by atoms with van der Waals surface area (Å²) in [6, 6.07) is 21.2. The lowest BCUT2D eigenvalue weighted by Crippen LogP contribution is -2.41. The van der Waals surface area contributed by atoms with E-state index in [1.807, 2.05) is 49.1 Å². The highest BCUT2D eigenvalue weighted by Crippen LogP contribution is 2.19. The highest BCUT2D eigenvalue weighted by molar-refractivity contribution is 5.95. The minimum atomic E-state index is -0.340. The average Bonchev–Trinajstić information content (AvgIpc) is 2.82. The number of para-hydroxylation sites is 1. The van der Waals surface area contributed by atoms with Crippen LogP contribution in [0.2, 0.25) is 0 Å². The quantitative estimate of drug-likeness (QED) is 0.500. The van der Waals surface area contributed by atoms with Gasteiger partial charge in [0.1, 0.15) is 5.82 Å². The molecule has 35 heavy (non-hydrogen) atoms. The fourth-order valence-electron chi connectivity index (χ4n) is 3.81. The van der Waals surface area contributed by atoms with E-state index in [0.717, 1.165) is 27.9 Å². The van der Waals surface area contributed by atoms with Crippen molar-refractivity contribution in [2.75, 3.05) is 25.5 Å². The first kappa shape index (κ1) is 25.6. The molecule has 0 saturated heterocycles. The van der Waals surface area contributed by atoms with Crippen LogP contribution in [-0.4, -0.2) is 41.8 Å². The summed E-state index contributed by atoms with van der Waals surface area (Å²) in [5, 5.41) is 11.9. The average molecular weight is 473 g/mol. The van der Waals surface area contributed by atoms with Gasteiger partial charge in [-0.15, -0.1) is 0 Å². The van der Waals surface area contributed by atoms with Gasteiger partial charge < -0.3 is 10.2 Å². The molecule has 180 valence electrons. The Hall–Kier alpha value is -4.02. The largest absolute Gasteiger partial charge is 0.335 e. The molecule has 0 unspecified atom stereocenters. The summed E-state index contributed by atoms with van der Waals surface area (Å²) in [5.41, 5.74) is 4.88. The fourth-order valence-corrected chi connectivity index (χ4v) is 3.81. The number of nitrogens with one attached hydrogen (secondary N) is 1. The first-order valence-electron chi connectivity index (χ1n) is 11.3. The van der Waals surface area contributed by atoms with Gasteiger partial charge in [0, 0.05) is 25.8 Å². The first-order chi connectivity index (χ1) is 16.7. The van der Waals surface area contributed by atoms with Crippen LogP contribution >= 0.6 is 0 Å². The summed E-state index contributed by atoms with van der Waals surface area (Å²) in [5.74, 6) is -0.846. The van der Waals surface area contributed by atoms with Crippen LogP contribution in [0.5, 0.6) is 0 Å². The molecular weight excluding hydrogens is 443 g/mol. The Bertz CT molecular complexity index is 1210. The second-order valence-electron chi connectivity index (χ2n) is 8.65. The lowest BCUT2D eigenvalue weighted by Gasteiger charge is -2.25. The van der Waals surface area contributed by atoms with E-state index < -0.39 is 0 Å². The number of aryl methyl sites for hydroxylation is 2. The van der Waals surface area contributed by atoms with E-state index in [-0.39, 0.29) is 30.7 Å². The van der Waals surface area contributed by atoms with Gasteiger partial charge in [-0.25, -0.2) is 4.39 Å². The molecule has 1 N–H and O–H groups in total. The van der Waals surface area contributed by atoms with E-state index in [4.69, 9.17) is 5.26 Å². The number of rotatable bonds is 9. The maximum Gasteiger partial charge on any atom is 0.243 e. The minimum absolute atomic E-state index is 0.0453. The van der Waals surface area contributed by atoms with E-state index in [1.165, 1.54) is 17.0 Å². The molecule has 3 rings (SSSR count). The van der Waals surface area contributed by atoms with Crippen molar-refractivity contribution in [2.45, 2.75) is 26.9 Å². The summed E-state index contributed by atoms with van der Waals surface area (Å²) in [4.78, 5) is 28.9. The summed E-state index contributed by atoms with van der Waals surface area (Å²) in [6.45, 7) is 4.58. The van der Waals surface area contributed by atoms with Crippen LogP contribution in [0.3, 0.4) is 0 Å². The number of carbonyl (C=O) groups is 2. The van der Waals surface area contributed by atoms with Crippen LogP contribution in [0.1, 0.15) is 27.8 Å². The molecule has 3 aromatic carbocycles. The van der Waals surface area contributed by atoms with Crippen molar-refractivity contribution in [3.05, 3.63) is 100 Å². The topological polar surface area (TPSA) is 76.4 Å². The Morgan fingerprint density at radius 3 is 2.17 bits per heavy atom. The number of hydrogen-bond acceptors (Lipinski definition) is 4. The van der Waals surface area contributed by atoms with E-state index in [9.17, 15) is 14.0 Å². The second kappa shape index (κ2) is 11.9. The predicted octanol–water partition coefficient (Wildman–Crippen LogP) is 4.41. The van der Waals surface area contributed by atoms with E-state index in [1.54, 1.807) is 31.3 Å². The molecule has 6 nitrogen and oxygen atoms in total. The van der Waals surface area contributed by atoms with Crippen molar-refractivity contribution in [1.29, 1.82) is 5.26 Å². The van der Waals surface area contributed by atoms with Gasteiger partial charge in [0.2, 0.25) is 11.8 Å². The Morgan fingerprint density at radius 2 is 1.54 bits per heavy atom. The number of nitrogens with zero attached hydrogens (tertiary/aromatic N) is 3. The molecular formula is C28H29FN4O2. The van der Waals surface area contributed by atoms with Gasteiger partial charge in [-0.1, -0.05) is 42.5 Å². The molecule has 0 fully saturated rings. The molecule has 0 heterocycles. The van der Waals surface area contributed by atoms with Crippen LogP contribution in [0, 0.1) is 31.0 Å². The van der Waals surface area contributed by atoms with Crippen LogP contribution in [0.25, 0.3) is 0 Å². The highest BCUT2D eigenvalue weighted by Gasteiger charge is 2.18. The fraction of sp³-hybridized carbons (Fsp3) is 0.250. The van der Waals surface area contributed by atoms with Crippen LogP contribution in [0.15, 0.2) is 66.7 Å².